The van der Waals surface area contributed by atoms with Crippen molar-refractivity contribution < 1.29 is 14.3 Å². The predicted octanol–water partition coefficient (Wildman–Crippen LogP) is 4.71. The molecule has 36 heavy (non-hydrogen) atoms. The van der Waals surface area contributed by atoms with Crippen molar-refractivity contribution in [2.45, 2.75) is 59.6 Å². The molecule has 1 aromatic heterocycles. The summed E-state index contributed by atoms with van der Waals surface area (Å²) in [6, 6.07) is 15.1. The smallest absolute Gasteiger partial charge is 0.338 e. The van der Waals surface area contributed by atoms with E-state index in [-0.39, 0.29) is 18.3 Å². The lowest BCUT2D eigenvalue weighted by Crippen LogP contribution is -2.40. The number of allylic oxidation sites excluding steroid dienone is 1. The molecule has 188 valence electrons. The van der Waals surface area contributed by atoms with Gasteiger partial charge in [0, 0.05) is 5.56 Å². The first kappa shape index (κ1) is 25.6. The van der Waals surface area contributed by atoms with Gasteiger partial charge in [-0.15, -0.1) is 0 Å². The van der Waals surface area contributed by atoms with E-state index >= 15 is 0 Å². The number of fused-ring (bicyclic) bond motifs is 1. The number of carbonyl (C=O) groups is 1. The van der Waals surface area contributed by atoms with Gasteiger partial charge in [0.25, 0.3) is 5.56 Å². The van der Waals surface area contributed by atoms with E-state index in [1.807, 2.05) is 68.5 Å². The number of nitrogens with zero attached hydrogens (tertiary/aromatic N) is 2. The Hall–Kier alpha value is -3.45. The van der Waals surface area contributed by atoms with E-state index < -0.39 is 12.0 Å². The molecule has 0 fully saturated rings. The van der Waals surface area contributed by atoms with Gasteiger partial charge < -0.3 is 9.47 Å². The Kier molecular flexibility index (Phi) is 7.59. The summed E-state index contributed by atoms with van der Waals surface area (Å²) in [6.45, 7) is 12.0. The Morgan fingerprint density at radius 2 is 1.81 bits per heavy atom. The first-order chi connectivity index (χ1) is 17.2. The second kappa shape index (κ2) is 10.7. The minimum Gasteiger partial charge on any atom is -0.490 e. The summed E-state index contributed by atoms with van der Waals surface area (Å²) in [5.74, 6) is 0.625. The first-order valence-electron chi connectivity index (χ1n) is 12.3. The van der Waals surface area contributed by atoms with Crippen molar-refractivity contribution in [3.05, 3.63) is 96.2 Å². The molecule has 6 nitrogen and oxygen atoms in total. The fourth-order valence-electron chi connectivity index (χ4n) is 4.27. The number of esters is 1. The van der Waals surface area contributed by atoms with Crippen LogP contribution >= 0.6 is 11.3 Å². The standard InChI is InChI=1S/C29H32N2O4S/c1-7-34-28(33)25-19(6)30-29-31(26(25)21-14-12-20(13-15-21)17(2)3)27(32)24(36-29)16-22-10-8-9-11-23(22)35-18(4)5/h8-18,26H,7H2,1-6H3. The maximum absolute atomic E-state index is 13.8. The van der Waals surface area contributed by atoms with Crippen molar-refractivity contribution in [3.63, 3.8) is 0 Å². The van der Waals surface area contributed by atoms with Crippen molar-refractivity contribution in [2.75, 3.05) is 6.61 Å². The lowest BCUT2D eigenvalue weighted by Gasteiger charge is -2.25. The Bertz CT molecular complexity index is 1480. The van der Waals surface area contributed by atoms with Crippen LogP contribution in [0, 0.1) is 0 Å². The highest BCUT2D eigenvalue weighted by Gasteiger charge is 2.33. The number of aromatic nitrogens is 1. The second-order valence-corrected chi connectivity index (χ2v) is 10.3. The Labute approximate surface area is 215 Å². The average Bonchev–Trinajstić information content (AvgIpc) is 3.13. The molecule has 1 aliphatic rings. The predicted molar refractivity (Wildman–Crippen MR) is 143 cm³/mol. The topological polar surface area (TPSA) is 69.9 Å². The summed E-state index contributed by atoms with van der Waals surface area (Å²) < 4.78 is 13.5. The molecule has 1 atom stereocenters. The van der Waals surface area contributed by atoms with Crippen LogP contribution in [-0.2, 0) is 9.53 Å². The first-order valence-corrected chi connectivity index (χ1v) is 13.1. The molecule has 0 bridgehead atoms. The SMILES string of the molecule is CCOC(=O)C1=C(C)N=c2sc(=Cc3ccccc3OC(C)C)c(=O)n2C1c1ccc(C(C)C)cc1. The number of benzene rings is 2. The second-order valence-electron chi connectivity index (χ2n) is 9.33. The van der Waals surface area contributed by atoms with E-state index in [1.54, 1.807) is 18.4 Å². The number of hydrogen-bond donors (Lipinski definition) is 0. The number of hydrogen-bond acceptors (Lipinski definition) is 6. The third kappa shape index (κ3) is 5.07. The number of para-hydroxylation sites is 1. The summed E-state index contributed by atoms with van der Waals surface area (Å²) in [4.78, 5) is 32.1. The molecule has 2 heterocycles. The molecule has 0 saturated carbocycles. The van der Waals surface area contributed by atoms with Crippen molar-refractivity contribution >= 4 is 23.4 Å². The Morgan fingerprint density at radius 1 is 1.11 bits per heavy atom. The van der Waals surface area contributed by atoms with Crippen LogP contribution in [0.25, 0.3) is 6.08 Å². The molecule has 3 aromatic rings. The van der Waals surface area contributed by atoms with E-state index in [4.69, 9.17) is 9.47 Å². The van der Waals surface area contributed by atoms with Gasteiger partial charge in [-0.05, 0) is 56.9 Å². The number of carbonyl (C=O) groups excluding carboxylic acids is 1. The molecule has 0 N–H and O–H groups in total. The molecule has 0 amide bonds. The normalized spacial score (nSPS) is 15.8. The van der Waals surface area contributed by atoms with E-state index in [0.717, 1.165) is 11.1 Å². The highest BCUT2D eigenvalue weighted by atomic mass is 32.1. The Balaban J connectivity index is 1.92. The van der Waals surface area contributed by atoms with Crippen LogP contribution in [0.2, 0.25) is 0 Å². The van der Waals surface area contributed by atoms with Gasteiger partial charge in [-0.3, -0.25) is 9.36 Å². The molecule has 2 aromatic carbocycles. The molecule has 0 spiro atoms. The van der Waals surface area contributed by atoms with Gasteiger partial charge in [-0.25, -0.2) is 9.79 Å². The third-order valence-electron chi connectivity index (χ3n) is 6.00. The van der Waals surface area contributed by atoms with E-state index in [0.29, 0.717) is 32.3 Å². The molecule has 7 heteroatoms. The van der Waals surface area contributed by atoms with Gasteiger partial charge in [0.15, 0.2) is 4.80 Å². The van der Waals surface area contributed by atoms with Gasteiger partial charge >= 0.3 is 5.97 Å². The summed E-state index contributed by atoms with van der Waals surface area (Å²) in [5.41, 5.74) is 3.58. The van der Waals surface area contributed by atoms with Crippen LogP contribution in [0.3, 0.4) is 0 Å². The van der Waals surface area contributed by atoms with Crippen molar-refractivity contribution in [1.29, 1.82) is 0 Å². The van der Waals surface area contributed by atoms with Crippen LogP contribution in [0.5, 0.6) is 5.75 Å². The van der Waals surface area contributed by atoms with E-state index in [1.165, 1.54) is 16.9 Å². The van der Waals surface area contributed by atoms with Crippen LogP contribution in [0.4, 0.5) is 0 Å². The monoisotopic (exact) mass is 504 g/mol. The maximum atomic E-state index is 13.8. The number of rotatable bonds is 7. The Morgan fingerprint density at radius 3 is 2.44 bits per heavy atom. The van der Waals surface area contributed by atoms with Gasteiger partial charge in [-0.2, -0.15) is 0 Å². The summed E-state index contributed by atoms with van der Waals surface area (Å²) in [5, 5.41) is 0. The van der Waals surface area contributed by atoms with Gasteiger partial charge in [0.2, 0.25) is 0 Å². The third-order valence-corrected chi connectivity index (χ3v) is 6.99. The summed E-state index contributed by atoms with van der Waals surface area (Å²) >= 11 is 1.31. The van der Waals surface area contributed by atoms with Crippen LogP contribution in [0.1, 0.15) is 70.2 Å². The molecule has 0 radical (unpaired) electrons. The zero-order valence-electron chi connectivity index (χ0n) is 21.6. The number of ether oxygens (including phenoxy) is 2. The molecule has 1 unspecified atom stereocenters. The number of thiazole rings is 1. The fraction of sp³-hybridized carbons (Fsp3) is 0.345. The van der Waals surface area contributed by atoms with Gasteiger partial charge in [0.05, 0.1) is 34.6 Å². The maximum Gasteiger partial charge on any atom is 0.338 e. The summed E-state index contributed by atoms with van der Waals surface area (Å²) in [6.07, 6.45) is 1.84. The summed E-state index contributed by atoms with van der Waals surface area (Å²) in [7, 11) is 0. The van der Waals surface area contributed by atoms with Crippen LogP contribution in [-0.4, -0.2) is 23.2 Å². The molecular formula is C29H32N2O4S. The fourth-order valence-corrected chi connectivity index (χ4v) is 5.31. The zero-order valence-corrected chi connectivity index (χ0v) is 22.4. The zero-order chi connectivity index (χ0) is 26.0. The van der Waals surface area contributed by atoms with Crippen LogP contribution in [0.15, 0.2) is 69.6 Å². The average molecular weight is 505 g/mol. The lowest BCUT2D eigenvalue weighted by molar-refractivity contribution is -0.139. The van der Waals surface area contributed by atoms with E-state index in [9.17, 15) is 9.59 Å². The largest absolute Gasteiger partial charge is 0.490 e. The quantitative estimate of drug-likeness (QED) is 0.437. The van der Waals surface area contributed by atoms with Crippen molar-refractivity contribution in [1.82, 2.24) is 4.57 Å². The molecule has 0 aliphatic carbocycles. The highest BCUT2D eigenvalue weighted by molar-refractivity contribution is 7.07. The minimum absolute atomic E-state index is 0.00404. The van der Waals surface area contributed by atoms with Crippen molar-refractivity contribution in [3.8, 4) is 5.75 Å². The van der Waals surface area contributed by atoms with Gasteiger partial charge in [0.1, 0.15) is 5.75 Å². The van der Waals surface area contributed by atoms with Gasteiger partial charge in [-0.1, -0.05) is 67.6 Å². The molecule has 0 saturated heterocycles. The molecule has 1 aliphatic heterocycles. The van der Waals surface area contributed by atoms with Crippen LogP contribution < -0.4 is 19.6 Å². The van der Waals surface area contributed by atoms with Crippen molar-refractivity contribution in [2.24, 2.45) is 4.99 Å². The molecular weight excluding hydrogens is 472 g/mol. The molecule has 4 rings (SSSR count). The highest BCUT2D eigenvalue weighted by Crippen LogP contribution is 2.31. The minimum atomic E-state index is -0.620. The lowest BCUT2D eigenvalue weighted by atomic mass is 9.93. The van der Waals surface area contributed by atoms with E-state index in [2.05, 4.69) is 18.8 Å².